The minimum absolute atomic E-state index is 0.863. The molecule has 0 spiro atoms. The summed E-state index contributed by atoms with van der Waals surface area (Å²) in [6.45, 7) is 0. The van der Waals surface area contributed by atoms with Gasteiger partial charge in [-0.15, -0.1) is 0 Å². The Morgan fingerprint density at radius 3 is 1.94 bits per heavy atom. The Hall–Kier alpha value is -6.91. The number of fused-ring (bicyclic) bond motifs is 7. The summed E-state index contributed by atoms with van der Waals surface area (Å²) in [5.41, 5.74) is 12.6. The zero-order chi connectivity index (χ0) is 33.7. The quantitative estimate of drug-likeness (QED) is 0.174. The van der Waals surface area contributed by atoms with Gasteiger partial charge in [0.15, 0.2) is 0 Å². The van der Waals surface area contributed by atoms with Crippen LogP contribution in [0.2, 0.25) is 0 Å². The third kappa shape index (κ3) is 4.88. The summed E-state index contributed by atoms with van der Waals surface area (Å²) in [7, 11) is 0. The van der Waals surface area contributed by atoms with E-state index in [4.69, 9.17) is 9.97 Å². The predicted octanol–water partition coefficient (Wildman–Crippen LogP) is 11.9. The Labute approximate surface area is 295 Å². The summed E-state index contributed by atoms with van der Waals surface area (Å²) < 4.78 is 2.38. The highest BCUT2D eigenvalue weighted by Crippen LogP contribution is 2.42. The summed E-state index contributed by atoms with van der Waals surface area (Å²) in [5.74, 6) is 0. The average molecular weight is 651 g/mol. The Morgan fingerprint density at radius 2 is 1.08 bits per heavy atom. The molecule has 0 aliphatic carbocycles. The first-order valence-corrected chi connectivity index (χ1v) is 17.2. The molecule has 0 N–H and O–H groups in total. The summed E-state index contributed by atoms with van der Waals surface area (Å²) in [6, 6.07) is 61.8. The lowest BCUT2D eigenvalue weighted by Crippen LogP contribution is -1.94. The van der Waals surface area contributed by atoms with Gasteiger partial charge < -0.3 is 4.57 Å². The zero-order valence-corrected chi connectivity index (χ0v) is 27.6. The normalized spacial score (nSPS) is 11.5. The lowest BCUT2D eigenvalue weighted by molar-refractivity contribution is 1.18. The molecule has 0 aliphatic heterocycles. The molecular formula is C47H30N4. The molecule has 10 aromatic rings. The van der Waals surface area contributed by atoms with Crippen molar-refractivity contribution in [3.63, 3.8) is 0 Å². The third-order valence-electron chi connectivity index (χ3n) is 9.84. The van der Waals surface area contributed by atoms with Crippen molar-refractivity contribution >= 4 is 43.5 Å². The Kier molecular flexibility index (Phi) is 6.78. The Morgan fingerprint density at radius 1 is 0.373 bits per heavy atom. The fourth-order valence-electron chi connectivity index (χ4n) is 7.51. The molecule has 0 saturated carbocycles. The van der Waals surface area contributed by atoms with Gasteiger partial charge in [-0.1, -0.05) is 115 Å². The summed E-state index contributed by atoms with van der Waals surface area (Å²) >= 11 is 0. The number of para-hydroxylation sites is 3. The van der Waals surface area contributed by atoms with Crippen LogP contribution in [0.25, 0.3) is 94.2 Å². The maximum Gasteiger partial charge on any atom is 0.0893 e. The molecule has 10 rings (SSSR count). The van der Waals surface area contributed by atoms with Crippen LogP contribution in [0.3, 0.4) is 0 Å². The van der Waals surface area contributed by atoms with Gasteiger partial charge >= 0.3 is 0 Å². The summed E-state index contributed by atoms with van der Waals surface area (Å²) in [5, 5.41) is 6.01. The fraction of sp³-hybridized carbons (Fsp3) is 0. The van der Waals surface area contributed by atoms with Gasteiger partial charge in [-0.05, 0) is 71.8 Å². The minimum Gasteiger partial charge on any atom is -0.309 e. The summed E-state index contributed by atoms with van der Waals surface area (Å²) in [6.07, 6.45) is 1.80. The van der Waals surface area contributed by atoms with E-state index in [1.54, 1.807) is 6.20 Å². The van der Waals surface area contributed by atoms with Crippen molar-refractivity contribution < 1.29 is 0 Å². The zero-order valence-electron chi connectivity index (χ0n) is 27.6. The molecule has 0 amide bonds. The minimum atomic E-state index is 0.863. The van der Waals surface area contributed by atoms with Crippen LogP contribution in [0.1, 0.15) is 0 Å². The number of rotatable bonds is 5. The van der Waals surface area contributed by atoms with Crippen molar-refractivity contribution in [1.82, 2.24) is 19.5 Å². The van der Waals surface area contributed by atoms with Crippen LogP contribution in [0.4, 0.5) is 0 Å². The van der Waals surface area contributed by atoms with E-state index >= 15 is 0 Å². The highest BCUT2D eigenvalue weighted by Gasteiger charge is 2.19. The number of nitrogens with zero attached hydrogens (tertiary/aromatic N) is 4. The van der Waals surface area contributed by atoms with Crippen LogP contribution in [-0.2, 0) is 0 Å². The molecule has 0 saturated heterocycles. The van der Waals surface area contributed by atoms with Crippen LogP contribution in [0.15, 0.2) is 182 Å². The van der Waals surface area contributed by atoms with Crippen molar-refractivity contribution in [2.75, 3.05) is 0 Å². The smallest absolute Gasteiger partial charge is 0.0893 e. The average Bonchev–Trinajstić information content (AvgIpc) is 3.56. The van der Waals surface area contributed by atoms with Gasteiger partial charge in [0.05, 0.1) is 39.3 Å². The van der Waals surface area contributed by atoms with Gasteiger partial charge in [-0.25, -0.2) is 9.97 Å². The maximum atomic E-state index is 5.33. The highest BCUT2D eigenvalue weighted by atomic mass is 15.0. The van der Waals surface area contributed by atoms with Crippen molar-refractivity contribution in [1.29, 1.82) is 0 Å². The van der Waals surface area contributed by atoms with Crippen LogP contribution in [0, 0.1) is 0 Å². The van der Waals surface area contributed by atoms with E-state index < -0.39 is 0 Å². The molecule has 4 heteroatoms. The van der Waals surface area contributed by atoms with Crippen LogP contribution in [-0.4, -0.2) is 19.5 Å². The second-order valence-corrected chi connectivity index (χ2v) is 12.8. The summed E-state index contributed by atoms with van der Waals surface area (Å²) in [4.78, 5) is 14.7. The molecular weight excluding hydrogens is 621 g/mol. The molecule has 0 aliphatic rings. The number of hydrogen-bond acceptors (Lipinski definition) is 3. The molecule has 51 heavy (non-hydrogen) atoms. The van der Waals surface area contributed by atoms with E-state index in [0.717, 1.165) is 67.0 Å². The van der Waals surface area contributed by atoms with E-state index in [-0.39, 0.29) is 0 Å². The maximum absolute atomic E-state index is 5.33. The molecule has 4 heterocycles. The number of pyridine rings is 3. The fourth-order valence-corrected chi connectivity index (χ4v) is 7.51. The van der Waals surface area contributed by atoms with Gasteiger partial charge in [-0.3, -0.25) is 4.98 Å². The standard InChI is InChI=1S/C47H30N4/c1-2-14-35(15-3-1)51-43-22-7-5-17-37(43)46-44(51)28-27-38-45(46)36-16-4-6-18-40(36)50-47(38)34-13-10-12-33(30-34)31-23-25-32(26-24-31)39-20-11-21-42(49-39)41-19-8-9-29-48-41/h1-30H. The SMILES string of the molecule is c1ccc(-n2c3ccccc3c3c4c(ccc32)c(-c2cccc(-c3ccc(-c5cccc(-c6ccccn6)n5)cc3)c2)nc2ccccc24)cc1. The van der Waals surface area contributed by atoms with Crippen molar-refractivity contribution in [3.05, 3.63) is 182 Å². The second kappa shape index (κ2) is 11.9. The third-order valence-corrected chi connectivity index (χ3v) is 9.84. The van der Waals surface area contributed by atoms with E-state index in [2.05, 4.69) is 149 Å². The van der Waals surface area contributed by atoms with Gasteiger partial charge in [-0.2, -0.15) is 0 Å². The molecule has 0 fully saturated rings. The number of benzene rings is 6. The first-order valence-electron chi connectivity index (χ1n) is 17.2. The molecule has 0 atom stereocenters. The first kappa shape index (κ1) is 29.0. The highest BCUT2D eigenvalue weighted by molar-refractivity contribution is 6.29. The van der Waals surface area contributed by atoms with Crippen LogP contribution < -0.4 is 0 Å². The van der Waals surface area contributed by atoms with Crippen molar-refractivity contribution in [3.8, 4) is 50.7 Å². The van der Waals surface area contributed by atoms with Gasteiger partial charge in [0.25, 0.3) is 0 Å². The first-order chi connectivity index (χ1) is 25.3. The Balaban J connectivity index is 1.12. The molecule has 4 aromatic heterocycles. The molecule has 6 aromatic carbocycles. The largest absolute Gasteiger partial charge is 0.309 e. The van der Waals surface area contributed by atoms with Crippen LogP contribution >= 0.6 is 0 Å². The lowest BCUT2D eigenvalue weighted by Gasteiger charge is -2.13. The number of hydrogen-bond donors (Lipinski definition) is 0. The van der Waals surface area contributed by atoms with E-state index in [1.807, 2.05) is 36.4 Å². The molecule has 0 unspecified atom stereocenters. The van der Waals surface area contributed by atoms with E-state index in [9.17, 15) is 0 Å². The van der Waals surface area contributed by atoms with Crippen LogP contribution in [0.5, 0.6) is 0 Å². The second-order valence-electron chi connectivity index (χ2n) is 12.8. The number of aromatic nitrogens is 4. The molecule has 238 valence electrons. The van der Waals surface area contributed by atoms with Gasteiger partial charge in [0, 0.05) is 49.9 Å². The van der Waals surface area contributed by atoms with Crippen molar-refractivity contribution in [2.24, 2.45) is 0 Å². The van der Waals surface area contributed by atoms with E-state index in [0.29, 0.717) is 0 Å². The lowest BCUT2D eigenvalue weighted by atomic mass is 9.94. The van der Waals surface area contributed by atoms with E-state index in [1.165, 1.54) is 27.2 Å². The van der Waals surface area contributed by atoms with Crippen molar-refractivity contribution in [2.45, 2.75) is 0 Å². The Bertz CT molecular complexity index is 2890. The monoisotopic (exact) mass is 650 g/mol. The van der Waals surface area contributed by atoms with Gasteiger partial charge in [0.2, 0.25) is 0 Å². The molecule has 0 radical (unpaired) electrons. The molecule has 4 nitrogen and oxygen atoms in total. The van der Waals surface area contributed by atoms with Gasteiger partial charge in [0.1, 0.15) is 0 Å². The molecule has 0 bridgehead atoms. The predicted molar refractivity (Wildman–Crippen MR) is 211 cm³/mol. The topological polar surface area (TPSA) is 43.6 Å².